The van der Waals surface area contributed by atoms with Crippen LogP contribution in [-0.2, 0) is 0 Å². The predicted octanol–water partition coefficient (Wildman–Crippen LogP) is 0.583. The van der Waals surface area contributed by atoms with E-state index in [-0.39, 0.29) is 0 Å². The van der Waals surface area contributed by atoms with Crippen molar-refractivity contribution in [2.24, 2.45) is 0 Å². The van der Waals surface area contributed by atoms with E-state index < -0.39 is 0 Å². The molecule has 1 fully saturated rings. The summed E-state index contributed by atoms with van der Waals surface area (Å²) in [5, 5.41) is 3.28. The van der Waals surface area contributed by atoms with Crippen LogP contribution < -0.4 is 10.2 Å². The Balaban J connectivity index is 2.06. The number of likely N-dealkylation sites (N-methyl/N-ethyl adjacent to an activating group) is 1. The highest BCUT2D eigenvalue weighted by Crippen LogP contribution is 2.15. The molecule has 0 radical (unpaired) electrons. The minimum absolute atomic E-state index is 0.583. The lowest BCUT2D eigenvalue weighted by Crippen LogP contribution is -2.30. The molecule has 1 saturated heterocycles. The van der Waals surface area contributed by atoms with Gasteiger partial charge in [0.05, 0.1) is 0 Å². The highest BCUT2D eigenvalue weighted by molar-refractivity contribution is 5.32. The van der Waals surface area contributed by atoms with Crippen molar-refractivity contribution in [3.05, 3.63) is 18.0 Å². The maximum Gasteiger partial charge on any atom is 0.225 e. The average molecular weight is 192 g/mol. The fourth-order valence-corrected chi connectivity index (χ4v) is 1.73. The summed E-state index contributed by atoms with van der Waals surface area (Å²) in [6, 6.07) is 0.583. The fraction of sp³-hybridized carbons (Fsp3) is 0.600. The summed E-state index contributed by atoms with van der Waals surface area (Å²) in [6.07, 6.45) is 4.91. The van der Waals surface area contributed by atoms with Crippen LogP contribution in [0.4, 0.5) is 5.95 Å². The quantitative estimate of drug-likeness (QED) is 0.744. The van der Waals surface area contributed by atoms with Gasteiger partial charge >= 0.3 is 0 Å². The molecule has 1 aliphatic heterocycles. The number of rotatable bonds is 2. The van der Waals surface area contributed by atoms with Crippen LogP contribution in [0.3, 0.4) is 0 Å². The normalized spacial score (nSPS) is 21.6. The predicted molar refractivity (Wildman–Crippen MR) is 56.4 cm³/mol. The average Bonchev–Trinajstić information content (AvgIpc) is 2.67. The Bertz CT molecular complexity index is 295. The lowest BCUT2D eigenvalue weighted by Gasteiger charge is -2.15. The van der Waals surface area contributed by atoms with Gasteiger partial charge in [-0.2, -0.15) is 0 Å². The van der Waals surface area contributed by atoms with Gasteiger partial charge in [-0.3, -0.25) is 0 Å². The molecule has 1 aromatic rings. The van der Waals surface area contributed by atoms with Crippen molar-refractivity contribution in [2.75, 3.05) is 25.0 Å². The number of nitrogens with zero attached hydrogens (tertiary/aromatic N) is 3. The fourth-order valence-electron chi connectivity index (χ4n) is 1.73. The molecule has 0 aliphatic carbocycles. The molecule has 0 saturated carbocycles. The van der Waals surface area contributed by atoms with Crippen LogP contribution >= 0.6 is 0 Å². The first-order chi connectivity index (χ1) is 6.79. The van der Waals surface area contributed by atoms with E-state index in [9.17, 15) is 0 Å². The monoisotopic (exact) mass is 192 g/mol. The number of aryl methyl sites for hydroxylation is 1. The van der Waals surface area contributed by atoms with Gasteiger partial charge in [-0.15, -0.1) is 0 Å². The van der Waals surface area contributed by atoms with Crippen molar-refractivity contribution in [3.63, 3.8) is 0 Å². The van der Waals surface area contributed by atoms with Gasteiger partial charge < -0.3 is 10.2 Å². The maximum absolute atomic E-state index is 4.32. The van der Waals surface area contributed by atoms with Gasteiger partial charge in [0.25, 0.3) is 0 Å². The Morgan fingerprint density at radius 2 is 2.14 bits per heavy atom. The highest BCUT2D eigenvalue weighted by atomic mass is 15.3. The summed E-state index contributed by atoms with van der Waals surface area (Å²) in [5.74, 6) is 0.855. The number of nitrogens with one attached hydrogen (secondary N) is 1. The van der Waals surface area contributed by atoms with Crippen LogP contribution in [0, 0.1) is 6.92 Å². The maximum atomic E-state index is 4.32. The van der Waals surface area contributed by atoms with Crippen LogP contribution in [0.1, 0.15) is 12.0 Å². The van der Waals surface area contributed by atoms with Crippen molar-refractivity contribution < 1.29 is 0 Å². The molecule has 2 heterocycles. The summed E-state index contributed by atoms with van der Waals surface area (Å²) in [7, 11) is 2.00. The van der Waals surface area contributed by atoms with Gasteiger partial charge in [0.1, 0.15) is 0 Å². The van der Waals surface area contributed by atoms with E-state index in [2.05, 4.69) is 20.2 Å². The number of anilines is 1. The Morgan fingerprint density at radius 1 is 1.43 bits per heavy atom. The van der Waals surface area contributed by atoms with Gasteiger partial charge in [0, 0.05) is 31.5 Å². The molecule has 0 spiro atoms. The number of aromatic nitrogens is 2. The smallest absolute Gasteiger partial charge is 0.225 e. The number of hydrogen-bond acceptors (Lipinski definition) is 4. The van der Waals surface area contributed by atoms with Gasteiger partial charge in [-0.05, 0) is 26.0 Å². The van der Waals surface area contributed by atoms with E-state index in [1.807, 2.05) is 26.4 Å². The van der Waals surface area contributed by atoms with Crippen molar-refractivity contribution >= 4 is 5.95 Å². The third-order valence-corrected chi connectivity index (χ3v) is 2.65. The summed E-state index contributed by atoms with van der Waals surface area (Å²) in [4.78, 5) is 10.9. The molecule has 1 atom stereocenters. The van der Waals surface area contributed by atoms with Crippen LogP contribution in [-0.4, -0.2) is 36.1 Å². The first-order valence-electron chi connectivity index (χ1n) is 5.00. The van der Waals surface area contributed by atoms with E-state index in [0.29, 0.717) is 6.04 Å². The SMILES string of the molecule is CNC1CCN(c2ncc(C)cn2)C1. The second-order valence-corrected chi connectivity index (χ2v) is 3.78. The van der Waals surface area contributed by atoms with Crippen LogP contribution in [0.2, 0.25) is 0 Å². The van der Waals surface area contributed by atoms with Gasteiger partial charge in [-0.25, -0.2) is 9.97 Å². The second kappa shape index (κ2) is 3.92. The van der Waals surface area contributed by atoms with Gasteiger partial charge in [0.15, 0.2) is 0 Å². The van der Waals surface area contributed by atoms with Crippen molar-refractivity contribution in [1.29, 1.82) is 0 Å². The Labute approximate surface area is 84.4 Å². The molecule has 1 aromatic heterocycles. The van der Waals surface area contributed by atoms with Crippen LogP contribution in [0.15, 0.2) is 12.4 Å². The number of hydrogen-bond donors (Lipinski definition) is 1. The van der Waals surface area contributed by atoms with Crippen LogP contribution in [0.5, 0.6) is 0 Å². The topological polar surface area (TPSA) is 41.0 Å². The van der Waals surface area contributed by atoms with Crippen molar-refractivity contribution in [3.8, 4) is 0 Å². The standard InChI is InChI=1S/C10H16N4/c1-8-5-12-10(13-6-8)14-4-3-9(7-14)11-2/h5-6,9,11H,3-4,7H2,1-2H3. The Kier molecular flexibility index (Phi) is 2.63. The van der Waals surface area contributed by atoms with Gasteiger partial charge in [0.2, 0.25) is 5.95 Å². The summed E-state index contributed by atoms with van der Waals surface area (Å²) < 4.78 is 0. The summed E-state index contributed by atoms with van der Waals surface area (Å²) in [6.45, 7) is 4.07. The van der Waals surface area contributed by atoms with E-state index in [1.165, 1.54) is 6.42 Å². The first kappa shape index (κ1) is 9.40. The molecular weight excluding hydrogens is 176 g/mol. The molecule has 1 unspecified atom stereocenters. The Hall–Kier alpha value is -1.16. The van der Waals surface area contributed by atoms with Gasteiger partial charge in [-0.1, -0.05) is 0 Å². The third-order valence-electron chi connectivity index (χ3n) is 2.65. The molecule has 1 N–H and O–H groups in total. The van der Waals surface area contributed by atoms with Crippen molar-refractivity contribution in [1.82, 2.24) is 15.3 Å². The van der Waals surface area contributed by atoms with Crippen LogP contribution in [0.25, 0.3) is 0 Å². The first-order valence-corrected chi connectivity index (χ1v) is 5.00. The zero-order chi connectivity index (χ0) is 9.97. The van der Waals surface area contributed by atoms with E-state index >= 15 is 0 Å². The third kappa shape index (κ3) is 1.85. The molecule has 0 aromatic carbocycles. The molecule has 14 heavy (non-hydrogen) atoms. The summed E-state index contributed by atoms with van der Waals surface area (Å²) in [5.41, 5.74) is 1.11. The van der Waals surface area contributed by atoms with E-state index in [1.54, 1.807) is 0 Å². The largest absolute Gasteiger partial charge is 0.339 e. The molecule has 0 bridgehead atoms. The molecule has 76 valence electrons. The minimum atomic E-state index is 0.583. The zero-order valence-corrected chi connectivity index (χ0v) is 8.70. The lowest BCUT2D eigenvalue weighted by atomic mass is 10.3. The minimum Gasteiger partial charge on any atom is -0.339 e. The molecule has 0 amide bonds. The molecule has 4 nitrogen and oxygen atoms in total. The second-order valence-electron chi connectivity index (χ2n) is 3.78. The van der Waals surface area contributed by atoms with Crippen molar-refractivity contribution in [2.45, 2.75) is 19.4 Å². The highest BCUT2D eigenvalue weighted by Gasteiger charge is 2.22. The zero-order valence-electron chi connectivity index (χ0n) is 8.70. The lowest BCUT2D eigenvalue weighted by molar-refractivity contribution is 0.616. The molecule has 4 heteroatoms. The van der Waals surface area contributed by atoms with E-state index in [4.69, 9.17) is 0 Å². The summed E-state index contributed by atoms with van der Waals surface area (Å²) >= 11 is 0. The molecule has 1 aliphatic rings. The molecular formula is C10H16N4. The van der Waals surface area contributed by atoms with E-state index in [0.717, 1.165) is 24.6 Å². The Morgan fingerprint density at radius 3 is 2.71 bits per heavy atom. The molecule has 2 rings (SSSR count).